The van der Waals surface area contributed by atoms with Gasteiger partial charge in [-0.05, 0) is 44.5 Å². The number of rotatable bonds is 4. The van der Waals surface area contributed by atoms with Gasteiger partial charge in [-0.2, -0.15) is 11.8 Å². The predicted molar refractivity (Wildman–Crippen MR) is 91.4 cm³/mol. The van der Waals surface area contributed by atoms with Crippen LogP contribution in [0.4, 0.5) is 0 Å². The molecule has 1 saturated heterocycles. The van der Waals surface area contributed by atoms with Crippen LogP contribution >= 0.6 is 11.8 Å². The van der Waals surface area contributed by atoms with E-state index in [2.05, 4.69) is 10.2 Å². The molecule has 4 nitrogen and oxygen atoms in total. The monoisotopic (exact) mass is 318 g/mol. The zero-order chi connectivity index (χ0) is 15.5. The summed E-state index contributed by atoms with van der Waals surface area (Å²) in [4.78, 5) is 14.7. The highest BCUT2D eigenvalue weighted by Crippen LogP contribution is 2.27. The molecule has 5 heteroatoms. The van der Waals surface area contributed by atoms with E-state index in [0.717, 1.165) is 40.9 Å². The Morgan fingerprint density at radius 3 is 2.77 bits per heavy atom. The van der Waals surface area contributed by atoms with Crippen LogP contribution in [0, 0.1) is 0 Å². The van der Waals surface area contributed by atoms with Crippen LogP contribution in [0.15, 0.2) is 28.7 Å². The molecule has 3 rings (SSSR count). The van der Waals surface area contributed by atoms with E-state index in [1.807, 2.05) is 50.1 Å². The third kappa shape index (κ3) is 3.31. The molecule has 0 atom stereocenters. The molecule has 1 N–H and O–H groups in total. The third-order valence-corrected chi connectivity index (χ3v) is 4.98. The Kier molecular flexibility index (Phi) is 4.74. The first-order chi connectivity index (χ1) is 10.6. The quantitative estimate of drug-likeness (QED) is 0.941. The topological polar surface area (TPSA) is 45.5 Å². The molecule has 1 aliphatic rings. The van der Waals surface area contributed by atoms with Crippen molar-refractivity contribution in [3.8, 4) is 0 Å². The van der Waals surface area contributed by atoms with E-state index < -0.39 is 0 Å². The first-order valence-electron chi connectivity index (χ1n) is 7.69. The van der Waals surface area contributed by atoms with Crippen LogP contribution in [0.1, 0.15) is 29.0 Å². The van der Waals surface area contributed by atoms with Crippen LogP contribution in [-0.2, 0) is 6.54 Å². The molecule has 118 valence electrons. The van der Waals surface area contributed by atoms with Gasteiger partial charge in [0.25, 0.3) is 5.91 Å². The second kappa shape index (κ2) is 6.75. The fraction of sp³-hybridized carbons (Fsp3) is 0.471. The second-order valence-corrected chi connectivity index (χ2v) is 7.23. The van der Waals surface area contributed by atoms with Crippen molar-refractivity contribution >= 4 is 28.6 Å². The van der Waals surface area contributed by atoms with E-state index in [9.17, 15) is 4.79 Å². The van der Waals surface area contributed by atoms with Gasteiger partial charge < -0.3 is 14.6 Å². The number of carbonyl (C=O) groups is 1. The Hall–Kier alpha value is -1.46. The summed E-state index contributed by atoms with van der Waals surface area (Å²) in [6.45, 7) is 0.695. The molecular formula is C17H22N2O2S. The van der Waals surface area contributed by atoms with Crippen molar-refractivity contribution in [2.24, 2.45) is 0 Å². The van der Waals surface area contributed by atoms with Gasteiger partial charge in [0, 0.05) is 23.5 Å². The molecule has 0 bridgehead atoms. The molecule has 1 aromatic heterocycles. The SMILES string of the molecule is CN(C)Cc1c(C(=O)NC2CCSCC2)oc2ccccc12. The molecule has 22 heavy (non-hydrogen) atoms. The number of fused-ring (bicyclic) bond motifs is 1. The van der Waals surface area contributed by atoms with E-state index in [4.69, 9.17) is 4.42 Å². The van der Waals surface area contributed by atoms with Crippen molar-refractivity contribution in [3.63, 3.8) is 0 Å². The molecule has 0 spiro atoms. The zero-order valence-electron chi connectivity index (χ0n) is 13.1. The minimum Gasteiger partial charge on any atom is -0.451 e. The number of hydrogen-bond donors (Lipinski definition) is 1. The fourth-order valence-corrected chi connectivity index (χ4v) is 3.95. The molecule has 1 aromatic carbocycles. The largest absolute Gasteiger partial charge is 0.451 e. The van der Waals surface area contributed by atoms with Gasteiger partial charge in [-0.25, -0.2) is 0 Å². The van der Waals surface area contributed by atoms with Gasteiger partial charge in [0.15, 0.2) is 5.76 Å². The Morgan fingerprint density at radius 2 is 2.05 bits per heavy atom. The van der Waals surface area contributed by atoms with E-state index in [-0.39, 0.29) is 11.9 Å². The molecule has 2 heterocycles. The minimum absolute atomic E-state index is 0.0788. The summed E-state index contributed by atoms with van der Waals surface area (Å²) in [6.07, 6.45) is 2.08. The van der Waals surface area contributed by atoms with Crippen molar-refractivity contribution in [2.75, 3.05) is 25.6 Å². The van der Waals surface area contributed by atoms with Gasteiger partial charge in [0.05, 0.1) is 0 Å². The average Bonchev–Trinajstić information content (AvgIpc) is 2.87. The Bertz CT molecular complexity index is 660. The summed E-state index contributed by atoms with van der Waals surface area (Å²) < 4.78 is 5.86. The Balaban J connectivity index is 1.89. The lowest BCUT2D eigenvalue weighted by Crippen LogP contribution is -2.37. The Labute approximate surface area is 135 Å². The number of nitrogens with zero attached hydrogens (tertiary/aromatic N) is 1. The van der Waals surface area contributed by atoms with Crippen molar-refractivity contribution in [1.29, 1.82) is 0 Å². The summed E-state index contributed by atoms with van der Waals surface area (Å²) in [5.74, 6) is 2.63. The maximum Gasteiger partial charge on any atom is 0.287 e. The lowest BCUT2D eigenvalue weighted by Gasteiger charge is -2.22. The molecule has 1 amide bonds. The number of carbonyl (C=O) groups excluding carboxylic acids is 1. The first-order valence-corrected chi connectivity index (χ1v) is 8.84. The van der Waals surface area contributed by atoms with Crippen molar-refractivity contribution in [1.82, 2.24) is 10.2 Å². The van der Waals surface area contributed by atoms with Gasteiger partial charge in [0.1, 0.15) is 5.58 Å². The smallest absolute Gasteiger partial charge is 0.287 e. The number of para-hydroxylation sites is 1. The number of hydrogen-bond acceptors (Lipinski definition) is 4. The van der Waals surface area contributed by atoms with Crippen molar-refractivity contribution < 1.29 is 9.21 Å². The van der Waals surface area contributed by atoms with Crippen LogP contribution < -0.4 is 5.32 Å². The van der Waals surface area contributed by atoms with Gasteiger partial charge in [-0.3, -0.25) is 4.79 Å². The minimum atomic E-state index is -0.0788. The maximum atomic E-state index is 12.7. The summed E-state index contributed by atoms with van der Waals surface area (Å²) in [6, 6.07) is 8.13. The molecule has 1 fully saturated rings. The highest BCUT2D eigenvalue weighted by molar-refractivity contribution is 7.99. The predicted octanol–water partition coefficient (Wildman–Crippen LogP) is 3.12. The maximum absolute atomic E-state index is 12.7. The first kappa shape index (κ1) is 15.4. The average molecular weight is 318 g/mol. The van der Waals surface area contributed by atoms with E-state index in [1.165, 1.54) is 0 Å². The number of nitrogens with one attached hydrogen (secondary N) is 1. The van der Waals surface area contributed by atoms with E-state index >= 15 is 0 Å². The standard InChI is InChI=1S/C17H22N2O2S/c1-19(2)11-14-13-5-3-4-6-15(13)21-16(14)17(20)18-12-7-9-22-10-8-12/h3-6,12H,7-11H2,1-2H3,(H,18,20). The van der Waals surface area contributed by atoms with Gasteiger partial charge in [0.2, 0.25) is 0 Å². The molecule has 0 radical (unpaired) electrons. The lowest BCUT2D eigenvalue weighted by atomic mass is 10.1. The number of amides is 1. The molecule has 2 aromatic rings. The molecule has 0 unspecified atom stereocenters. The van der Waals surface area contributed by atoms with Crippen LogP contribution in [0.2, 0.25) is 0 Å². The summed E-state index contributed by atoms with van der Waals surface area (Å²) in [5.41, 5.74) is 1.76. The summed E-state index contributed by atoms with van der Waals surface area (Å²) >= 11 is 1.96. The van der Waals surface area contributed by atoms with Crippen LogP contribution in [0.3, 0.4) is 0 Å². The third-order valence-electron chi connectivity index (χ3n) is 3.94. The van der Waals surface area contributed by atoms with Crippen LogP contribution in [0.5, 0.6) is 0 Å². The number of furan rings is 1. The Morgan fingerprint density at radius 1 is 1.32 bits per heavy atom. The highest BCUT2D eigenvalue weighted by atomic mass is 32.2. The van der Waals surface area contributed by atoms with Crippen LogP contribution in [-0.4, -0.2) is 42.4 Å². The van der Waals surface area contributed by atoms with Gasteiger partial charge in [-0.1, -0.05) is 18.2 Å². The fourth-order valence-electron chi connectivity index (χ4n) is 2.85. The number of thioether (sulfide) groups is 1. The molecule has 0 aliphatic carbocycles. The summed E-state index contributed by atoms with van der Waals surface area (Å²) in [5, 5.41) is 4.17. The lowest BCUT2D eigenvalue weighted by molar-refractivity contribution is 0.0906. The molecule has 0 saturated carbocycles. The van der Waals surface area contributed by atoms with Gasteiger partial charge >= 0.3 is 0 Å². The molecule has 1 aliphatic heterocycles. The van der Waals surface area contributed by atoms with Crippen molar-refractivity contribution in [3.05, 3.63) is 35.6 Å². The van der Waals surface area contributed by atoms with Crippen molar-refractivity contribution in [2.45, 2.75) is 25.4 Å². The normalized spacial score (nSPS) is 16.3. The summed E-state index contributed by atoms with van der Waals surface area (Å²) in [7, 11) is 4.00. The van der Waals surface area contributed by atoms with E-state index in [1.54, 1.807) is 0 Å². The highest BCUT2D eigenvalue weighted by Gasteiger charge is 2.23. The zero-order valence-corrected chi connectivity index (χ0v) is 13.9. The number of benzene rings is 1. The molecular weight excluding hydrogens is 296 g/mol. The second-order valence-electron chi connectivity index (χ2n) is 6.00. The van der Waals surface area contributed by atoms with Crippen LogP contribution in [0.25, 0.3) is 11.0 Å². The van der Waals surface area contributed by atoms with Gasteiger partial charge in [-0.15, -0.1) is 0 Å². The van der Waals surface area contributed by atoms with E-state index in [0.29, 0.717) is 12.3 Å².